The Morgan fingerprint density at radius 3 is 2.52 bits per heavy atom. The molecule has 10 nitrogen and oxygen atoms in total. The zero-order valence-electron chi connectivity index (χ0n) is 18.1. The van der Waals surface area contributed by atoms with Crippen LogP contribution in [-0.2, 0) is 9.59 Å². The molecule has 31 heavy (non-hydrogen) atoms. The second-order valence-electron chi connectivity index (χ2n) is 8.03. The number of nitro groups is 1. The van der Waals surface area contributed by atoms with Gasteiger partial charge in [0, 0.05) is 24.2 Å². The largest absolute Gasteiger partial charge is 0.330 e. The molecule has 1 aliphatic heterocycles. The van der Waals surface area contributed by atoms with E-state index in [0.29, 0.717) is 44.0 Å². The molecule has 2 amide bonds. The Kier molecular flexibility index (Phi) is 9.83. The third-order valence-electron chi connectivity index (χ3n) is 5.53. The van der Waals surface area contributed by atoms with Gasteiger partial charge in [0.25, 0.3) is 5.69 Å². The Morgan fingerprint density at radius 2 is 1.94 bits per heavy atom. The van der Waals surface area contributed by atoms with Gasteiger partial charge in [0.1, 0.15) is 6.04 Å². The Bertz CT molecular complexity index is 742. The highest BCUT2D eigenvalue weighted by atomic mass is 16.6. The average molecular weight is 435 g/mol. The third kappa shape index (κ3) is 7.27. The second-order valence-corrected chi connectivity index (χ2v) is 8.03. The van der Waals surface area contributed by atoms with Crippen molar-refractivity contribution in [2.24, 2.45) is 17.4 Å². The molecule has 1 fully saturated rings. The van der Waals surface area contributed by atoms with E-state index in [1.165, 1.54) is 24.3 Å². The monoisotopic (exact) mass is 434 g/mol. The Balaban J connectivity index is 2.26. The lowest BCUT2D eigenvalue weighted by molar-refractivity contribution is -0.384. The predicted octanol–water partition coefficient (Wildman–Crippen LogP) is 1.55. The summed E-state index contributed by atoms with van der Waals surface area (Å²) in [5, 5.41) is 17.1. The van der Waals surface area contributed by atoms with Gasteiger partial charge in [-0.15, -0.1) is 0 Å². The van der Waals surface area contributed by atoms with E-state index in [0.717, 1.165) is 19.4 Å². The lowest BCUT2D eigenvalue weighted by Crippen LogP contribution is -2.59. The van der Waals surface area contributed by atoms with E-state index in [1.807, 2.05) is 0 Å². The number of nitrogens with zero attached hydrogens (tertiary/aromatic N) is 2. The van der Waals surface area contributed by atoms with Gasteiger partial charge in [-0.05, 0) is 69.8 Å². The van der Waals surface area contributed by atoms with Crippen LogP contribution in [0.2, 0.25) is 0 Å². The number of nitro benzene ring substituents is 1. The van der Waals surface area contributed by atoms with Gasteiger partial charge < -0.3 is 21.7 Å². The van der Waals surface area contributed by atoms with Crippen LogP contribution in [0, 0.1) is 16.0 Å². The fourth-order valence-electron chi connectivity index (χ4n) is 3.84. The van der Waals surface area contributed by atoms with Crippen LogP contribution in [0.3, 0.4) is 0 Å². The smallest absolute Gasteiger partial charge is 0.269 e. The summed E-state index contributed by atoms with van der Waals surface area (Å²) in [4.78, 5) is 38.4. The SMILES string of the molecule is CC1CCNC(N(C(=O)CCCN)[C@@H](CCCN)C(=O)Nc2ccc([N+](=O)[O-])cc2)C1. The first-order valence-electron chi connectivity index (χ1n) is 10.9. The predicted molar refractivity (Wildman–Crippen MR) is 119 cm³/mol. The minimum Gasteiger partial charge on any atom is -0.330 e. The molecule has 1 aromatic carbocycles. The van der Waals surface area contributed by atoms with Crippen molar-refractivity contribution >= 4 is 23.2 Å². The molecule has 0 aliphatic carbocycles. The Labute approximate surface area is 182 Å². The number of hydrogen-bond acceptors (Lipinski definition) is 7. The maximum Gasteiger partial charge on any atom is 0.269 e. The molecule has 1 aliphatic rings. The molecular formula is C21H34N6O4. The first-order valence-corrected chi connectivity index (χ1v) is 10.9. The van der Waals surface area contributed by atoms with Crippen LogP contribution in [0.5, 0.6) is 0 Å². The molecular weight excluding hydrogens is 400 g/mol. The van der Waals surface area contributed by atoms with E-state index in [2.05, 4.69) is 17.6 Å². The quantitative estimate of drug-likeness (QED) is 0.304. The zero-order valence-corrected chi connectivity index (χ0v) is 18.1. The molecule has 172 valence electrons. The van der Waals surface area contributed by atoms with E-state index >= 15 is 0 Å². The van der Waals surface area contributed by atoms with E-state index in [4.69, 9.17) is 11.5 Å². The van der Waals surface area contributed by atoms with Crippen LogP contribution in [0.1, 0.15) is 45.4 Å². The maximum atomic E-state index is 13.2. The van der Waals surface area contributed by atoms with Crippen molar-refractivity contribution in [1.82, 2.24) is 10.2 Å². The number of piperidine rings is 1. The number of carbonyl (C=O) groups excluding carboxylic acids is 2. The van der Waals surface area contributed by atoms with Crippen LogP contribution < -0.4 is 22.1 Å². The van der Waals surface area contributed by atoms with Gasteiger partial charge in [0.15, 0.2) is 0 Å². The molecule has 2 unspecified atom stereocenters. The normalized spacial score (nSPS) is 19.5. The van der Waals surface area contributed by atoms with Crippen LogP contribution in [0.15, 0.2) is 24.3 Å². The maximum absolute atomic E-state index is 13.2. The molecule has 3 atom stereocenters. The van der Waals surface area contributed by atoms with Gasteiger partial charge in [0.2, 0.25) is 11.8 Å². The van der Waals surface area contributed by atoms with Crippen molar-refractivity contribution in [2.45, 2.75) is 57.7 Å². The third-order valence-corrected chi connectivity index (χ3v) is 5.53. The zero-order chi connectivity index (χ0) is 22.8. The Morgan fingerprint density at radius 1 is 1.26 bits per heavy atom. The van der Waals surface area contributed by atoms with Gasteiger partial charge in [-0.1, -0.05) is 6.92 Å². The number of carbonyl (C=O) groups is 2. The number of nitrogens with one attached hydrogen (secondary N) is 2. The van der Waals surface area contributed by atoms with Gasteiger partial charge in [0.05, 0.1) is 11.1 Å². The molecule has 6 N–H and O–H groups in total. The van der Waals surface area contributed by atoms with Crippen molar-refractivity contribution in [3.05, 3.63) is 34.4 Å². The van der Waals surface area contributed by atoms with Crippen LogP contribution in [0.25, 0.3) is 0 Å². The van der Waals surface area contributed by atoms with Gasteiger partial charge in [-0.2, -0.15) is 0 Å². The number of amides is 2. The van der Waals surface area contributed by atoms with Gasteiger partial charge >= 0.3 is 0 Å². The standard InChI is InChI=1S/C21H34N6O4/c1-15-10-13-24-19(14-15)26(20(28)5-3-12-23)18(4-2-11-22)21(29)25-16-6-8-17(9-7-16)27(30)31/h6-9,15,18-19,24H,2-5,10-14,22-23H2,1H3,(H,25,29)/t15?,18-,19?/m0/s1. The number of hydrogen-bond donors (Lipinski definition) is 4. The summed E-state index contributed by atoms with van der Waals surface area (Å²) >= 11 is 0. The minimum atomic E-state index is -0.702. The molecule has 10 heteroatoms. The summed E-state index contributed by atoms with van der Waals surface area (Å²) in [6.07, 6.45) is 3.37. The number of non-ortho nitro benzene ring substituents is 1. The van der Waals surface area contributed by atoms with Gasteiger partial charge in [-0.3, -0.25) is 25.0 Å². The van der Waals surface area contributed by atoms with Gasteiger partial charge in [-0.25, -0.2) is 0 Å². The fraction of sp³-hybridized carbons (Fsp3) is 0.619. The highest BCUT2D eigenvalue weighted by Crippen LogP contribution is 2.24. The van der Waals surface area contributed by atoms with Crippen molar-refractivity contribution in [2.75, 3.05) is 25.0 Å². The van der Waals surface area contributed by atoms with Crippen LogP contribution in [-0.4, -0.2) is 53.5 Å². The lowest BCUT2D eigenvalue weighted by Gasteiger charge is -2.41. The van der Waals surface area contributed by atoms with E-state index in [-0.39, 0.29) is 30.1 Å². The first-order chi connectivity index (χ1) is 14.9. The lowest BCUT2D eigenvalue weighted by atomic mass is 9.95. The number of nitrogens with two attached hydrogens (primary N) is 2. The summed E-state index contributed by atoms with van der Waals surface area (Å²) in [6, 6.07) is 4.93. The first kappa shape index (κ1) is 24.7. The average Bonchev–Trinajstić information content (AvgIpc) is 2.75. The molecule has 0 bridgehead atoms. The molecule has 1 saturated heterocycles. The summed E-state index contributed by atoms with van der Waals surface area (Å²) < 4.78 is 0. The van der Waals surface area contributed by atoms with Crippen molar-refractivity contribution in [1.29, 1.82) is 0 Å². The van der Waals surface area contributed by atoms with Crippen molar-refractivity contribution < 1.29 is 14.5 Å². The second kappa shape index (κ2) is 12.3. The van der Waals surface area contributed by atoms with E-state index < -0.39 is 11.0 Å². The highest BCUT2D eigenvalue weighted by molar-refractivity contribution is 5.97. The molecule has 1 heterocycles. The Hall–Kier alpha value is -2.56. The highest BCUT2D eigenvalue weighted by Gasteiger charge is 2.36. The van der Waals surface area contributed by atoms with E-state index in [1.54, 1.807) is 4.90 Å². The fourth-order valence-corrected chi connectivity index (χ4v) is 3.84. The van der Waals surface area contributed by atoms with E-state index in [9.17, 15) is 19.7 Å². The van der Waals surface area contributed by atoms with Crippen molar-refractivity contribution in [3.63, 3.8) is 0 Å². The summed E-state index contributed by atoms with van der Waals surface area (Å²) in [7, 11) is 0. The molecule has 2 rings (SSSR count). The molecule has 1 aromatic rings. The van der Waals surface area contributed by atoms with Crippen LogP contribution in [0.4, 0.5) is 11.4 Å². The summed E-state index contributed by atoms with van der Waals surface area (Å²) in [5.41, 5.74) is 11.7. The molecule has 0 aromatic heterocycles. The molecule has 0 saturated carbocycles. The minimum absolute atomic E-state index is 0.0586. The summed E-state index contributed by atoms with van der Waals surface area (Å²) in [6.45, 7) is 3.72. The van der Waals surface area contributed by atoms with Crippen molar-refractivity contribution in [3.8, 4) is 0 Å². The molecule has 0 radical (unpaired) electrons. The molecule has 0 spiro atoms. The number of rotatable bonds is 11. The summed E-state index contributed by atoms with van der Waals surface area (Å²) in [5.74, 6) is -0.00898. The number of benzene rings is 1. The topological polar surface area (TPSA) is 157 Å². The van der Waals surface area contributed by atoms with Crippen LogP contribution >= 0.6 is 0 Å². The number of anilines is 1.